The highest BCUT2D eigenvalue weighted by atomic mass is 127. The molecule has 0 bridgehead atoms. The Morgan fingerprint density at radius 1 is 1.23 bits per heavy atom. The Morgan fingerprint density at radius 2 is 1.97 bits per heavy atom. The second-order valence-corrected chi connectivity index (χ2v) is 7.44. The predicted molar refractivity (Wildman–Crippen MR) is 135 cm³/mol. The first-order valence-corrected chi connectivity index (χ1v) is 10.5. The molecule has 0 aliphatic heterocycles. The van der Waals surface area contributed by atoms with Crippen molar-refractivity contribution in [2.75, 3.05) is 26.7 Å². The fourth-order valence-corrected chi connectivity index (χ4v) is 3.10. The van der Waals surface area contributed by atoms with Gasteiger partial charge < -0.3 is 20.7 Å². The smallest absolute Gasteiger partial charge is 0.407 e. The number of carbonyl (C=O) groups excluding carboxylic acids is 1. The first-order valence-electron chi connectivity index (χ1n) is 10.5. The molecule has 3 N–H and O–H groups in total. The molecular formula is C22H35IN6O2. The SMILES string of the molecule is CCOC(=O)NC(CNC(=NC)NCCc1ccc(-n2cccn2)cc1)CC(C)C.I. The van der Waals surface area contributed by atoms with Gasteiger partial charge in [0.05, 0.1) is 12.3 Å². The highest BCUT2D eigenvalue weighted by Gasteiger charge is 2.15. The van der Waals surface area contributed by atoms with E-state index in [1.54, 1.807) is 20.2 Å². The zero-order valence-electron chi connectivity index (χ0n) is 18.8. The van der Waals surface area contributed by atoms with Gasteiger partial charge in [0.15, 0.2) is 5.96 Å². The number of aliphatic imine (C=N–C) groups is 1. The van der Waals surface area contributed by atoms with Crippen molar-refractivity contribution in [3.63, 3.8) is 0 Å². The van der Waals surface area contributed by atoms with Crippen molar-refractivity contribution in [1.82, 2.24) is 25.7 Å². The van der Waals surface area contributed by atoms with Crippen LogP contribution in [0.5, 0.6) is 0 Å². The van der Waals surface area contributed by atoms with Gasteiger partial charge in [-0.2, -0.15) is 5.10 Å². The number of hydrogen-bond donors (Lipinski definition) is 3. The molecule has 1 heterocycles. The molecule has 0 fully saturated rings. The molecule has 0 spiro atoms. The van der Waals surface area contributed by atoms with E-state index >= 15 is 0 Å². The summed E-state index contributed by atoms with van der Waals surface area (Å²) in [5.41, 5.74) is 2.27. The minimum atomic E-state index is -0.383. The topological polar surface area (TPSA) is 92.6 Å². The summed E-state index contributed by atoms with van der Waals surface area (Å²) in [7, 11) is 1.74. The zero-order valence-corrected chi connectivity index (χ0v) is 21.1. The third-order valence-corrected chi connectivity index (χ3v) is 4.50. The largest absolute Gasteiger partial charge is 0.450 e. The number of nitrogens with zero attached hydrogens (tertiary/aromatic N) is 3. The molecule has 1 amide bonds. The molecule has 172 valence electrons. The highest BCUT2D eigenvalue weighted by Crippen LogP contribution is 2.09. The molecule has 0 saturated carbocycles. The van der Waals surface area contributed by atoms with Gasteiger partial charge in [-0.25, -0.2) is 9.48 Å². The van der Waals surface area contributed by atoms with Crippen LogP contribution >= 0.6 is 24.0 Å². The van der Waals surface area contributed by atoms with E-state index in [4.69, 9.17) is 4.74 Å². The van der Waals surface area contributed by atoms with Crippen molar-refractivity contribution in [3.8, 4) is 5.69 Å². The number of ether oxygens (including phenoxy) is 1. The number of halogens is 1. The fourth-order valence-electron chi connectivity index (χ4n) is 3.10. The quantitative estimate of drug-likeness (QED) is 0.243. The lowest BCUT2D eigenvalue weighted by atomic mass is 10.0. The summed E-state index contributed by atoms with van der Waals surface area (Å²) in [6, 6.07) is 10.2. The molecule has 2 rings (SSSR count). The van der Waals surface area contributed by atoms with Gasteiger partial charge >= 0.3 is 6.09 Å². The lowest BCUT2D eigenvalue weighted by molar-refractivity contribution is 0.146. The fraction of sp³-hybridized carbons (Fsp3) is 0.500. The maximum absolute atomic E-state index is 11.8. The zero-order chi connectivity index (χ0) is 21.8. The van der Waals surface area contributed by atoms with Crippen molar-refractivity contribution in [1.29, 1.82) is 0 Å². The summed E-state index contributed by atoms with van der Waals surface area (Å²) in [6.45, 7) is 7.75. The average molecular weight is 542 g/mol. The minimum absolute atomic E-state index is 0. The van der Waals surface area contributed by atoms with Crippen LogP contribution in [0.1, 0.15) is 32.8 Å². The van der Waals surface area contributed by atoms with E-state index < -0.39 is 0 Å². The lowest BCUT2D eigenvalue weighted by Crippen LogP contribution is -2.48. The van der Waals surface area contributed by atoms with Crippen LogP contribution in [0.15, 0.2) is 47.7 Å². The minimum Gasteiger partial charge on any atom is -0.450 e. The molecule has 0 aliphatic carbocycles. The molecule has 1 atom stereocenters. The van der Waals surface area contributed by atoms with Gasteiger partial charge in [0, 0.05) is 38.6 Å². The summed E-state index contributed by atoms with van der Waals surface area (Å²) >= 11 is 0. The van der Waals surface area contributed by atoms with E-state index in [0.717, 1.165) is 25.1 Å². The number of amides is 1. The van der Waals surface area contributed by atoms with Crippen molar-refractivity contribution < 1.29 is 9.53 Å². The second kappa shape index (κ2) is 14.7. The van der Waals surface area contributed by atoms with Crippen LogP contribution in [0.25, 0.3) is 5.69 Å². The third-order valence-electron chi connectivity index (χ3n) is 4.50. The number of rotatable bonds is 10. The Bertz CT molecular complexity index is 778. The first-order chi connectivity index (χ1) is 14.5. The van der Waals surface area contributed by atoms with E-state index in [0.29, 0.717) is 25.0 Å². The maximum atomic E-state index is 11.8. The number of guanidine groups is 1. The van der Waals surface area contributed by atoms with E-state index in [-0.39, 0.29) is 36.1 Å². The number of hydrogen-bond acceptors (Lipinski definition) is 4. The molecule has 1 unspecified atom stereocenters. The summed E-state index contributed by atoms with van der Waals surface area (Å²) in [5, 5.41) is 13.8. The van der Waals surface area contributed by atoms with Crippen LogP contribution in [-0.4, -0.2) is 54.6 Å². The van der Waals surface area contributed by atoms with Crippen LogP contribution in [0, 0.1) is 5.92 Å². The summed E-state index contributed by atoms with van der Waals surface area (Å²) in [6.07, 6.45) is 5.04. The van der Waals surface area contributed by atoms with Crippen LogP contribution < -0.4 is 16.0 Å². The Labute approximate surface area is 202 Å². The van der Waals surface area contributed by atoms with Gasteiger partial charge in [0.25, 0.3) is 0 Å². The van der Waals surface area contributed by atoms with Gasteiger partial charge in [-0.15, -0.1) is 24.0 Å². The van der Waals surface area contributed by atoms with Gasteiger partial charge in [-0.1, -0.05) is 26.0 Å². The van der Waals surface area contributed by atoms with Crippen molar-refractivity contribution >= 4 is 36.0 Å². The first kappa shape index (κ1) is 26.7. The van der Waals surface area contributed by atoms with Gasteiger partial charge in [-0.05, 0) is 49.4 Å². The third kappa shape index (κ3) is 10.0. The van der Waals surface area contributed by atoms with Crippen molar-refractivity contribution in [3.05, 3.63) is 48.3 Å². The van der Waals surface area contributed by atoms with E-state index in [1.807, 2.05) is 16.9 Å². The van der Waals surface area contributed by atoms with Crippen LogP contribution in [0.3, 0.4) is 0 Å². The maximum Gasteiger partial charge on any atom is 0.407 e. The van der Waals surface area contributed by atoms with Crippen LogP contribution in [0.2, 0.25) is 0 Å². The number of alkyl carbamates (subject to hydrolysis) is 1. The van der Waals surface area contributed by atoms with Gasteiger partial charge in [0.2, 0.25) is 0 Å². The summed E-state index contributed by atoms with van der Waals surface area (Å²) in [5.74, 6) is 1.17. The number of nitrogens with one attached hydrogen (secondary N) is 3. The predicted octanol–water partition coefficient (Wildman–Crippen LogP) is 3.36. The number of benzene rings is 1. The molecule has 0 aliphatic rings. The van der Waals surface area contributed by atoms with Crippen molar-refractivity contribution in [2.24, 2.45) is 10.9 Å². The summed E-state index contributed by atoms with van der Waals surface area (Å²) < 4.78 is 6.84. The second-order valence-electron chi connectivity index (χ2n) is 7.44. The van der Waals surface area contributed by atoms with E-state index in [2.05, 4.69) is 64.2 Å². The van der Waals surface area contributed by atoms with Gasteiger partial charge in [0.1, 0.15) is 0 Å². The molecule has 8 nitrogen and oxygen atoms in total. The molecule has 0 radical (unpaired) electrons. The number of aromatic nitrogens is 2. The van der Waals surface area contributed by atoms with E-state index in [1.165, 1.54) is 5.56 Å². The molecule has 2 aromatic rings. The Hall–Kier alpha value is -2.30. The molecule has 1 aromatic heterocycles. The van der Waals surface area contributed by atoms with Crippen LogP contribution in [-0.2, 0) is 11.2 Å². The molecule has 1 aromatic carbocycles. The lowest BCUT2D eigenvalue weighted by Gasteiger charge is -2.22. The summed E-state index contributed by atoms with van der Waals surface area (Å²) in [4.78, 5) is 16.0. The van der Waals surface area contributed by atoms with E-state index in [9.17, 15) is 4.79 Å². The Morgan fingerprint density at radius 3 is 2.55 bits per heavy atom. The van der Waals surface area contributed by atoms with Gasteiger partial charge in [-0.3, -0.25) is 4.99 Å². The Kier molecular flexibility index (Phi) is 12.6. The number of carbonyl (C=O) groups is 1. The average Bonchev–Trinajstić information content (AvgIpc) is 3.25. The molecule has 9 heteroatoms. The highest BCUT2D eigenvalue weighted by molar-refractivity contribution is 14.0. The monoisotopic (exact) mass is 542 g/mol. The standard InChI is InChI=1S/C22H34N6O2.HI/c1-5-30-22(29)27-19(15-17(2)3)16-25-21(23-4)24-13-11-18-7-9-20(10-8-18)28-14-6-12-26-28;/h6-10,12,14,17,19H,5,11,13,15-16H2,1-4H3,(H,27,29)(H2,23,24,25);1H. The van der Waals surface area contributed by atoms with Crippen molar-refractivity contribution in [2.45, 2.75) is 39.7 Å². The molecule has 0 saturated heterocycles. The van der Waals surface area contributed by atoms with Crippen LogP contribution in [0.4, 0.5) is 4.79 Å². The Balaban J connectivity index is 0.00000480. The molecule has 31 heavy (non-hydrogen) atoms. The molecular weight excluding hydrogens is 507 g/mol. The normalized spacial score (nSPS) is 12.1.